The molecule has 1 aliphatic heterocycles. The molecule has 114 valence electrons. The van der Waals surface area contributed by atoms with Gasteiger partial charge < -0.3 is 10.2 Å². The van der Waals surface area contributed by atoms with Gasteiger partial charge in [0.1, 0.15) is 5.82 Å². The van der Waals surface area contributed by atoms with Gasteiger partial charge in [0.15, 0.2) is 5.78 Å². The molecular formula is C16H24N4O. The van der Waals surface area contributed by atoms with Crippen molar-refractivity contribution in [2.75, 3.05) is 30.4 Å². The molecule has 0 aromatic carbocycles. The van der Waals surface area contributed by atoms with Gasteiger partial charge in [-0.25, -0.2) is 4.98 Å². The second kappa shape index (κ2) is 5.62. The Labute approximate surface area is 126 Å². The van der Waals surface area contributed by atoms with Crippen molar-refractivity contribution in [1.29, 1.82) is 0 Å². The van der Waals surface area contributed by atoms with E-state index in [1.165, 1.54) is 6.42 Å². The molecule has 5 heteroatoms. The van der Waals surface area contributed by atoms with E-state index in [2.05, 4.69) is 29.0 Å². The standard InChI is InChI=1S/C16H24N4O/c1-10-7-11(2)9-20(8-10)16-18-12-5-4-6-13(21)14(12)15(17-3)19-16/h10-11H,4-9H2,1-3H3,(H,17,18,19)/t10-,11-/m0/s1. The summed E-state index contributed by atoms with van der Waals surface area (Å²) >= 11 is 0. The Morgan fingerprint density at radius 3 is 2.52 bits per heavy atom. The fourth-order valence-corrected chi connectivity index (χ4v) is 3.66. The lowest BCUT2D eigenvalue weighted by atomic mass is 9.92. The average molecular weight is 288 g/mol. The molecule has 0 spiro atoms. The summed E-state index contributed by atoms with van der Waals surface area (Å²) in [5.74, 6) is 2.98. The summed E-state index contributed by atoms with van der Waals surface area (Å²) in [5, 5.41) is 3.09. The van der Waals surface area contributed by atoms with E-state index < -0.39 is 0 Å². The number of aromatic nitrogens is 2. The monoisotopic (exact) mass is 288 g/mol. The van der Waals surface area contributed by atoms with Gasteiger partial charge in [-0.2, -0.15) is 4.98 Å². The third-order valence-corrected chi connectivity index (χ3v) is 4.46. The SMILES string of the molecule is CNc1nc(N2C[C@@H](C)C[C@H](C)C2)nc2c1C(=O)CCC2. The molecule has 2 atom stereocenters. The molecule has 5 nitrogen and oxygen atoms in total. The molecule has 0 bridgehead atoms. The highest BCUT2D eigenvalue weighted by molar-refractivity contribution is 6.02. The van der Waals surface area contributed by atoms with Crippen molar-refractivity contribution in [1.82, 2.24) is 9.97 Å². The number of nitrogens with zero attached hydrogens (tertiary/aromatic N) is 3. The molecule has 2 heterocycles. The number of piperidine rings is 1. The van der Waals surface area contributed by atoms with Crippen molar-refractivity contribution < 1.29 is 4.79 Å². The largest absolute Gasteiger partial charge is 0.372 e. The molecule has 1 N–H and O–H groups in total. The van der Waals surface area contributed by atoms with Crippen molar-refractivity contribution >= 4 is 17.5 Å². The zero-order valence-corrected chi connectivity index (χ0v) is 13.1. The van der Waals surface area contributed by atoms with Crippen LogP contribution in [-0.4, -0.2) is 35.9 Å². The Bertz CT molecular complexity index is 530. The van der Waals surface area contributed by atoms with Crippen LogP contribution in [0.15, 0.2) is 0 Å². The topological polar surface area (TPSA) is 58.1 Å². The molecule has 2 aliphatic rings. The summed E-state index contributed by atoms with van der Waals surface area (Å²) < 4.78 is 0. The maximum atomic E-state index is 12.1. The number of fused-ring (bicyclic) bond motifs is 1. The Balaban J connectivity index is 1.98. The number of Topliss-reactive ketones (excluding diaryl/α,β-unsaturated/α-hetero) is 1. The minimum absolute atomic E-state index is 0.174. The molecule has 21 heavy (non-hydrogen) atoms. The third kappa shape index (κ3) is 2.74. The van der Waals surface area contributed by atoms with Gasteiger partial charge in [-0.05, 0) is 31.1 Å². The fourth-order valence-electron chi connectivity index (χ4n) is 3.66. The minimum Gasteiger partial charge on any atom is -0.372 e. The van der Waals surface area contributed by atoms with Crippen LogP contribution in [0.2, 0.25) is 0 Å². The molecular weight excluding hydrogens is 264 g/mol. The van der Waals surface area contributed by atoms with Gasteiger partial charge in [-0.15, -0.1) is 0 Å². The summed E-state index contributed by atoms with van der Waals surface area (Å²) in [4.78, 5) is 23.7. The molecule has 0 saturated carbocycles. The highest BCUT2D eigenvalue weighted by atomic mass is 16.1. The Morgan fingerprint density at radius 2 is 1.86 bits per heavy atom. The quantitative estimate of drug-likeness (QED) is 0.906. The van der Waals surface area contributed by atoms with E-state index in [-0.39, 0.29) is 5.78 Å². The average Bonchev–Trinajstić information content (AvgIpc) is 2.45. The molecule has 1 aromatic rings. The van der Waals surface area contributed by atoms with Crippen LogP contribution >= 0.6 is 0 Å². The minimum atomic E-state index is 0.174. The van der Waals surface area contributed by atoms with Crippen LogP contribution in [0.5, 0.6) is 0 Å². The lowest BCUT2D eigenvalue weighted by Gasteiger charge is -2.35. The van der Waals surface area contributed by atoms with Gasteiger partial charge >= 0.3 is 0 Å². The molecule has 3 rings (SSSR count). The molecule has 0 radical (unpaired) electrons. The normalized spacial score (nSPS) is 25.7. The van der Waals surface area contributed by atoms with Crippen LogP contribution in [0.25, 0.3) is 0 Å². The van der Waals surface area contributed by atoms with E-state index in [0.717, 1.165) is 37.6 Å². The molecule has 1 aliphatic carbocycles. The van der Waals surface area contributed by atoms with Crippen LogP contribution in [0, 0.1) is 11.8 Å². The summed E-state index contributed by atoms with van der Waals surface area (Å²) in [6.07, 6.45) is 3.66. The van der Waals surface area contributed by atoms with Gasteiger partial charge in [-0.3, -0.25) is 4.79 Å². The molecule has 0 amide bonds. The lowest BCUT2D eigenvalue weighted by molar-refractivity contribution is 0.0972. The van der Waals surface area contributed by atoms with Crippen molar-refractivity contribution in [2.45, 2.75) is 39.5 Å². The van der Waals surface area contributed by atoms with E-state index in [1.54, 1.807) is 0 Å². The Morgan fingerprint density at radius 1 is 1.14 bits per heavy atom. The summed E-state index contributed by atoms with van der Waals surface area (Å²) in [6.45, 7) is 6.56. The maximum Gasteiger partial charge on any atom is 0.227 e. The first kappa shape index (κ1) is 14.3. The number of nitrogens with one attached hydrogen (secondary N) is 1. The smallest absolute Gasteiger partial charge is 0.227 e. The van der Waals surface area contributed by atoms with Crippen molar-refractivity contribution in [3.63, 3.8) is 0 Å². The first-order valence-corrected chi connectivity index (χ1v) is 7.95. The summed E-state index contributed by atoms with van der Waals surface area (Å²) in [5.41, 5.74) is 1.64. The van der Waals surface area contributed by atoms with Gasteiger partial charge in [0, 0.05) is 26.6 Å². The van der Waals surface area contributed by atoms with Crippen molar-refractivity contribution in [3.8, 4) is 0 Å². The number of rotatable bonds is 2. The van der Waals surface area contributed by atoms with E-state index in [9.17, 15) is 4.79 Å². The van der Waals surface area contributed by atoms with E-state index in [1.807, 2.05) is 7.05 Å². The number of anilines is 2. The second-order valence-electron chi connectivity index (χ2n) is 6.57. The van der Waals surface area contributed by atoms with Crippen LogP contribution in [0.3, 0.4) is 0 Å². The van der Waals surface area contributed by atoms with Gasteiger partial charge in [-0.1, -0.05) is 13.8 Å². The number of carbonyl (C=O) groups is 1. The zero-order valence-electron chi connectivity index (χ0n) is 13.1. The molecule has 1 aromatic heterocycles. The van der Waals surface area contributed by atoms with Gasteiger partial charge in [0.25, 0.3) is 0 Å². The first-order chi connectivity index (χ1) is 10.1. The number of hydrogen-bond donors (Lipinski definition) is 1. The fraction of sp³-hybridized carbons (Fsp3) is 0.688. The van der Waals surface area contributed by atoms with E-state index >= 15 is 0 Å². The van der Waals surface area contributed by atoms with E-state index in [0.29, 0.717) is 29.6 Å². The third-order valence-electron chi connectivity index (χ3n) is 4.46. The number of carbonyl (C=O) groups excluding carboxylic acids is 1. The number of ketones is 1. The first-order valence-electron chi connectivity index (χ1n) is 7.95. The lowest BCUT2D eigenvalue weighted by Crippen LogP contribution is -2.40. The highest BCUT2D eigenvalue weighted by Gasteiger charge is 2.28. The van der Waals surface area contributed by atoms with Crippen LogP contribution < -0.4 is 10.2 Å². The predicted molar refractivity (Wildman–Crippen MR) is 84.0 cm³/mol. The van der Waals surface area contributed by atoms with Crippen LogP contribution in [0.1, 0.15) is 49.2 Å². The second-order valence-corrected chi connectivity index (χ2v) is 6.57. The Kier molecular flexibility index (Phi) is 3.83. The predicted octanol–water partition coefficient (Wildman–Crippen LogP) is 2.52. The number of hydrogen-bond acceptors (Lipinski definition) is 5. The van der Waals surface area contributed by atoms with E-state index in [4.69, 9.17) is 4.98 Å². The summed E-state index contributed by atoms with van der Waals surface area (Å²) in [6, 6.07) is 0. The number of aryl methyl sites for hydroxylation is 1. The summed E-state index contributed by atoms with van der Waals surface area (Å²) in [7, 11) is 1.83. The van der Waals surface area contributed by atoms with Crippen molar-refractivity contribution in [2.24, 2.45) is 11.8 Å². The van der Waals surface area contributed by atoms with Crippen molar-refractivity contribution in [3.05, 3.63) is 11.3 Å². The molecule has 1 fully saturated rings. The van der Waals surface area contributed by atoms with Gasteiger partial charge in [0.2, 0.25) is 5.95 Å². The molecule has 1 saturated heterocycles. The molecule has 0 unspecified atom stereocenters. The van der Waals surface area contributed by atoms with Crippen LogP contribution in [0.4, 0.5) is 11.8 Å². The maximum absolute atomic E-state index is 12.1. The Hall–Kier alpha value is -1.65. The zero-order chi connectivity index (χ0) is 15.0. The van der Waals surface area contributed by atoms with Crippen LogP contribution in [-0.2, 0) is 6.42 Å². The highest BCUT2D eigenvalue weighted by Crippen LogP contribution is 2.30. The van der Waals surface area contributed by atoms with Gasteiger partial charge in [0.05, 0.1) is 11.3 Å².